The number of anilines is 1. The summed E-state index contributed by atoms with van der Waals surface area (Å²) in [6.45, 7) is 7.17. The van der Waals surface area contributed by atoms with Crippen LogP contribution in [0.25, 0.3) is 0 Å². The average Bonchev–Trinajstić information content (AvgIpc) is 2.87. The van der Waals surface area contributed by atoms with E-state index in [9.17, 15) is 4.79 Å². The molecule has 0 N–H and O–H groups in total. The summed E-state index contributed by atoms with van der Waals surface area (Å²) in [6, 6.07) is 24.0. The van der Waals surface area contributed by atoms with Crippen molar-refractivity contribution in [1.82, 2.24) is 4.90 Å². The van der Waals surface area contributed by atoms with E-state index >= 15 is 4.39 Å². The lowest BCUT2D eigenvalue weighted by Crippen LogP contribution is -2.48. The summed E-state index contributed by atoms with van der Waals surface area (Å²) in [4.78, 5) is 17.0. The molecule has 1 aliphatic heterocycles. The Morgan fingerprint density at radius 1 is 0.886 bits per heavy atom. The molecule has 0 radical (unpaired) electrons. The zero-order valence-electron chi connectivity index (χ0n) is 20.6. The summed E-state index contributed by atoms with van der Waals surface area (Å²) in [7, 11) is 0. The van der Waals surface area contributed by atoms with Gasteiger partial charge in [0.25, 0.3) is 0 Å². The van der Waals surface area contributed by atoms with E-state index in [0.29, 0.717) is 12.1 Å². The highest BCUT2D eigenvalue weighted by atomic mass is 35.5. The van der Waals surface area contributed by atoms with Crippen molar-refractivity contribution in [2.45, 2.75) is 39.2 Å². The van der Waals surface area contributed by atoms with Crippen LogP contribution in [0.2, 0.25) is 5.02 Å². The fourth-order valence-electron chi connectivity index (χ4n) is 5.12. The third kappa shape index (κ3) is 6.12. The average molecular weight is 493 g/mol. The molecule has 3 aromatic rings. The molecule has 5 heteroatoms. The van der Waals surface area contributed by atoms with Crippen LogP contribution in [0.15, 0.2) is 72.8 Å². The SMILES string of the molecule is CCC(CC)C(=O)Cc1ccc(N2CCN(C(c3ccccc3)c3ccc(Cl)cc3)CC2)c(F)c1. The van der Waals surface area contributed by atoms with Crippen LogP contribution < -0.4 is 4.90 Å². The fourth-order valence-corrected chi connectivity index (χ4v) is 5.25. The standard InChI is InChI=1S/C30H34ClFN2O/c1-3-23(4-2)29(35)21-22-10-15-28(27(32)20-22)33-16-18-34(19-17-33)30(24-8-6-5-7-9-24)25-11-13-26(31)14-12-25/h5-15,20,23,30H,3-4,16-19,21H2,1-2H3. The van der Waals surface area contributed by atoms with Gasteiger partial charge in [-0.2, -0.15) is 0 Å². The summed E-state index contributed by atoms with van der Waals surface area (Å²) >= 11 is 6.14. The molecule has 0 spiro atoms. The van der Waals surface area contributed by atoms with Gasteiger partial charge in [-0.1, -0.05) is 74.0 Å². The number of halogens is 2. The molecule has 1 unspecified atom stereocenters. The van der Waals surface area contributed by atoms with Gasteiger partial charge in [-0.3, -0.25) is 9.69 Å². The second kappa shape index (κ2) is 11.8. The Hall–Kier alpha value is -2.69. The third-order valence-corrected chi connectivity index (χ3v) is 7.40. The molecule has 35 heavy (non-hydrogen) atoms. The topological polar surface area (TPSA) is 23.6 Å². The molecule has 0 aromatic heterocycles. The molecule has 3 nitrogen and oxygen atoms in total. The number of hydrogen-bond donors (Lipinski definition) is 0. The van der Waals surface area contributed by atoms with Gasteiger partial charge in [0.05, 0.1) is 11.7 Å². The molecule has 0 aliphatic carbocycles. The van der Waals surface area contributed by atoms with Crippen LogP contribution in [0, 0.1) is 11.7 Å². The van der Waals surface area contributed by atoms with Gasteiger partial charge in [0.15, 0.2) is 0 Å². The second-order valence-electron chi connectivity index (χ2n) is 9.33. The summed E-state index contributed by atoms with van der Waals surface area (Å²) in [5, 5.41) is 0.728. The number of rotatable bonds is 9. The Bertz CT molecular complexity index is 1110. The Balaban J connectivity index is 1.46. The molecule has 1 saturated heterocycles. The summed E-state index contributed by atoms with van der Waals surface area (Å²) < 4.78 is 15.1. The monoisotopic (exact) mass is 492 g/mol. The van der Waals surface area contributed by atoms with Crippen molar-refractivity contribution < 1.29 is 9.18 Å². The molecule has 3 aromatic carbocycles. The smallest absolute Gasteiger partial charge is 0.146 e. The van der Waals surface area contributed by atoms with E-state index in [1.807, 2.05) is 44.2 Å². The van der Waals surface area contributed by atoms with Crippen molar-refractivity contribution in [1.29, 1.82) is 0 Å². The van der Waals surface area contributed by atoms with E-state index in [4.69, 9.17) is 11.6 Å². The van der Waals surface area contributed by atoms with E-state index in [-0.39, 0.29) is 23.6 Å². The number of hydrogen-bond acceptors (Lipinski definition) is 3. The minimum Gasteiger partial charge on any atom is -0.367 e. The first-order chi connectivity index (χ1) is 17.0. The normalized spacial score (nSPS) is 15.4. The highest BCUT2D eigenvalue weighted by Gasteiger charge is 2.27. The minimum absolute atomic E-state index is 0.0593. The van der Waals surface area contributed by atoms with Gasteiger partial charge in [0.2, 0.25) is 0 Å². The molecule has 0 bridgehead atoms. The molecule has 0 amide bonds. The highest BCUT2D eigenvalue weighted by Crippen LogP contribution is 2.32. The first-order valence-electron chi connectivity index (χ1n) is 12.6. The maximum Gasteiger partial charge on any atom is 0.146 e. The minimum atomic E-state index is -0.245. The van der Waals surface area contributed by atoms with Crippen LogP contribution in [-0.2, 0) is 11.2 Å². The zero-order chi connectivity index (χ0) is 24.8. The van der Waals surface area contributed by atoms with Crippen molar-refractivity contribution in [3.05, 3.63) is 100 Å². The fraction of sp³-hybridized carbons (Fsp3) is 0.367. The Morgan fingerprint density at radius 2 is 1.51 bits per heavy atom. The molecule has 1 atom stereocenters. The molecule has 1 heterocycles. The van der Waals surface area contributed by atoms with Crippen LogP contribution in [0.5, 0.6) is 0 Å². The van der Waals surface area contributed by atoms with Gasteiger partial charge in [-0.25, -0.2) is 4.39 Å². The molecular formula is C30H34ClFN2O. The van der Waals surface area contributed by atoms with Crippen LogP contribution in [-0.4, -0.2) is 36.9 Å². The van der Waals surface area contributed by atoms with Gasteiger partial charge in [-0.15, -0.1) is 0 Å². The summed E-state index contributed by atoms with van der Waals surface area (Å²) in [6.07, 6.45) is 1.97. The molecule has 184 valence electrons. The second-order valence-corrected chi connectivity index (χ2v) is 9.77. The third-order valence-electron chi connectivity index (χ3n) is 7.15. The molecule has 1 aliphatic rings. The van der Waals surface area contributed by atoms with Gasteiger partial charge in [0.1, 0.15) is 11.6 Å². The number of carbonyl (C=O) groups is 1. The number of ketones is 1. The van der Waals surface area contributed by atoms with Gasteiger partial charge < -0.3 is 4.90 Å². The maximum absolute atomic E-state index is 15.1. The van der Waals surface area contributed by atoms with Crippen molar-refractivity contribution >= 4 is 23.1 Å². The largest absolute Gasteiger partial charge is 0.367 e. The lowest BCUT2D eigenvalue weighted by atomic mass is 9.93. The predicted molar refractivity (Wildman–Crippen MR) is 143 cm³/mol. The van der Waals surface area contributed by atoms with E-state index in [1.54, 1.807) is 6.07 Å². The molecule has 0 saturated carbocycles. The van der Waals surface area contributed by atoms with Crippen LogP contribution in [0.3, 0.4) is 0 Å². The Morgan fingerprint density at radius 3 is 2.11 bits per heavy atom. The first kappa shape index (κ1) is 25.4. The number of benzene rings is 3. The van der Waals surface area contributed by atoms with Crippen molar-refractivity contribution in [2.75, 3.05) is 31.1 Å². The number of nitrogens with zero attached hydrogens (tertiary/aromatic N) is 2. The quantitative estimate of drug-likeness (QED) is 0.323. The van der Waals surface area contributed by atoms with Crippen LogP contribution in [0.4, 0.5) is 10.1 Å². The van der Waals surface area contributed by atoms with Crippen LogP contribution >= 0.6 is 11.6 Å². The van der Waals surface area contributed by atoms with Crippen LogP contribution in [0.1, 0.15) is 49.4 Å². The Labute approximate surface area is 213 Å². The van der Waals surface area contributed by atoms with E-state index in [2.05, 4.69) is 46.2 Å². The van der Waals surface area contributed by atoms with Gasteiger partial charge >= 0.3 is 0 Å². The van der Waals surface area contributed by atoms with Crippen molar-refractivity contribution in [2.24, 2.45) is 5.92 Å². The van der Waals surface area contributed by atoms with Crippen molar-refractivity contribution in [3.63, 3.8) is 0 Å². The van der Waals surface area contributed by atoms with Gasteiger partial charge in [0, 0.05) is 43.5 Å². The van der Waals surface area contributed by atoms with E-state index in [1.165, 1.54) is 11.1 Å². The number of Topliss-reactive ketones (excluding diaryl/α,β-unsaturated/α-hetero) is 1. The van der Waals surface area contributed by atoms with E-state index in [0.717, 1.165) is 49.6 Å². The first-order valence-corrected chi connectivity index (χ1v) is 13.0. The number of carbonyl (C=O) groups excluding carboxylic acids is 1. The molecular weight excluding hydrogens is 459 g/mol. The lowest BCUT2D eigenvalue weighted by Gasteiger charge is -2.40. The number of piperazine rings is 1. The highest BCUT2D eigenvalue weighted by molar-refractivity contribution is 6.30. The maximum atomic E-state index is 15.1. The summed E-state index contributed by atoms with van der Waals surface area (Å²) in [5.74, 6) is 0.0135. The molecule has 4 rings (SSSR count). The predicted octanol–water partition coefficient (Wildman–Crippen LogP) is 6.94. The van der Waals surface area contributed by atoms with E-state index < -0.39 is 0 Å². The zero-order valence-corrected chi connectivity index (χ0v) is 21.3. The van der Waals surface area contributed by atoms with Crippen molar-refractivity contribution in [3.8, 4) is 0 Å². The van der Waals surface area contributed by atoms with Gasteiger partial charge in [-0.05, 0) is 53.8 Å². The lowest BCUT2D eigenvalue weighted by molar-refractivity contribution is -0.122. The Kier molecular flexibility index (Phi) is 8.59. The molecule has 1 fully saturated rings. The summed E-state index contributed by atoms with van der Waals surface area (Å²) in [5.41, 5.74) is 3.81.